The van der Waals surface area contributed by atoms with Crippen molar-refractivity contribution in [2.75, 3.05) is 0 Å². The highest BCUT2D eigenvalue weighted by Crippen LogP contribution is 2.20. The van der Waals surface area contributed by atoms with Gasteiger partial charge in [0.05, 0.1) is 16.7 Å². The fraction of sp³-hybridized carbons (Fsp3) is 0.125. The summed E-state index contributed by atoms with van der Waals surface area (Å²) in [5, 5.41) is 11.5. The molecular weight excluding hydrogens is 340 g/mol. The van der Waals surface area contributed by atoms with Gasteiger partial charge in [0, 0.05) is 29.3 Å². The maximum atomic E-state index is 6.35. The van der Waals surface area contributed by atoms with Gasteiger partial charge in [0.2, 0.25) is 5.79 Å². The largest absolute Gasteiger partial charge is 0.370 e. The Morgan fingerprint density at radius 3 is 2.80 bits per heavy atom. The molecule has 3 aromatic rings. The molecule has 4 rings (SSSR count). The van der Waals surface area contributed by atoms with E-state index < -0.39 is 5.79 Å². The number of halogens is 1. The minimum atomic E-state index is -1.24. The monoisotopic (exact) mass is 354 g/mol. The lowest BCUT2D eigenvalue weighted by Gasteiger charge is -2.27. The molecule has 1 aliphatic heterocycles. The van der Waals surface area contributed by atoms with Crippen molar-refractivity contribution in [1.29, 1.82) is 0 Å². The Morgan fingerprint density at radius 2 is 2.00 bits per heavy atom. The number of fused-ring (bicyclic) bond motifs is 1. The third-order valence-corrected chi connectivity index (χ3v) is 4.03. The molecule has 3 heterocycles. The molecule has 6 N–H and O–H groups in total. The number of nitrogens with zero attached hydrogens (tertiary/aromatic N) is 4. The summed E-state index contributed by atoms with van der Waals surface area (Å²) in [5.41, 5.74) is 14.7. The molecule has 25 heavy (non-hydrogen) atoms. The number of hydrogen-bond acceptors (Lipinski definition) is 7. The number of amidine groups is 1. The summed E-state index contributed by atoms with van der Waals surface area (Å²) < 4.78 is 0. The minimum absolute atomic E-state index is 0.200. The number of rotatable bonds is 3. The van der Waals surface area contributed by atoms with Crippen molar-refractivity contribution >= 4 is 34.3 Å². The molecule has 2 aromatic heterocycles. The van der Waals surface area contributed by atoms with E-state index in [0.29, 0.717) is 17.3 Å². The van der Waals surface area contributed by atoms with Crippen LogP contribution < -0.4 is 16.8 Å². The summed E-state index contributed by atoms with van der Waals surface area (Å²) >= 11 is 5.87. The lowest BCUT2D eigenvalue weighted by molar-refractivity contribution is 0.453. The summed E-state index contributed by atoms with van der Waals surface area (Å²) in [7, 11) is 0. The van der Waals surface area contributed by atoms with E-state index in [-0.39, 0.29) is 5.96 Å². The van der Waals surface area contributed by atoms with Crippen LogP contribution in [0.25, 0.3) is 10.9 Å². The summed E-state index contributed by atoms with van der Waals surface area (Å²) in [6.45, 7) is 0. The quantitative estimate of drug-likeness (QED) is 0.560. The maximum absolute atomic E-state index is 6.35. The van der Waals surface area contributed by atoms with Gasteiger partial charge in [0.15, 0.2) is 5.96 Å². The Kier molecular flexibility index (Phi) is 3.63. The Hall–Kier alpha value is -2.97. The van der Waals surface area contributed by atoms with Crippen LogP contribution in [-0.2, 0) is 6.42 Å². The SMILES string of the molecule is NC1=NC(N)(Cc2ccc(Cl)cn2)N=C(c2ccc3cn[nH]c3c2)N1. The first-order chi connectivity index (χ1) is 12.0. The molecule has 1 aliphatic rings. The van der Waals surface area contributed by atoms with Crippen LogP contribution in [0.15, 0.2) is 52.7 Å². The predicted octanol–water partition coefficient (Wildman–Crippen LogP) is 1.13. The summed E-state index contributed by atoms with van der Waals surface area (Å²) in [6, 6.07) is 9.32. The van der Waals surface area contributed by atoms with Crippen LogP contribution in [0.2, 0.25) is 5.02 Å². The topological polar surface area (TPSA) is 130 Å². The maximum Gasteiger partial charge on any atom is 0.213 e. The normalized spacial score (nSPS) is 20.1. The van der Waals surface area contributed by atoms with Gasteiger partial charge in [-0.25, -0.2) is 9.98 Å². The number of nitrogens with one attached hydrogen (secondary N) is 2. The van der Waals surface area contributed by atoms with E-state index in [1.165, 1.54) is 0 Å². The molecule has 0 fully saturated rings. The second-order valence-electron chi connectivity index (χ2n) is 5.78. The lowest BCUT2D eigenvalue weighted by atomic mass is 10.1. The molecule has 126 valence electrons. The molecule has 0 aliphatic carbocycles. The summed E-state index contributed by atoms with van der Waals surface area (Å²) in [4.78, 5) is 13.0. The van der Waals surface area contributed by atoms with Gasteiger partial charge in [-0.1, -0.05) is 23.7 Å². The van der Waals surface area contributed by atoms with Crippen LogP contribution in [0.3, 0.4) is 0 Å². The van der Waals surface area contributed by atoms with E-state index >= 15 is 0 Å². The highest BCUT2D eigenvalue weighted by molar-refractivity contribution is 6.30. The molecule has 0 spiro atoms. The molecule has 1 atom stereocenters. The van der Waals surface area contributed by atoms with E-state index in [1.54, 1.807) is 24.5 Å². The Balaban J connectivity index is 1.69. The van der Waals surface area contributed by atoms with Gasteiger partial charge in [-0.05, 0) is 18.2 Å². The Bertz CT molecular complexity index is 991. The third kappa shape index (κ3) is 3.17. The van der Waals surface area contributed by atoms with E-state index in [1.807, 2.05) is 18.2 Å². The van der Waals surface area contributed by atoms with Crippen molar-refractivity contribution in [1.82, 2.24) is 20.5 Å². The first kappa shape index (κ1) is 15.6. The van der Waals surface area contributed by atoms with Gasteiger partial charge >= 0.3 is 0 Å². The molecule has 0 radical (unpaired) electrons. The van der Waals surface area contributed by atoms with Crippen LogP contribution in [0.4, 0.5) is 0 Å². The molecule has 1 aromatic carbocycles. The van der Waals surface area contributed by atoms with Gasteiger partial charge in [0.1, 0.15) is 5.84 Å². The summed E-state index contributed by atoms with van der Waals surface area (Å²) in [6.07, 6.45) is 3.61. The number of aromatic amines is 1. The average molecular weight is 355 g/mol. The van der Waals surface area contributed by atoms with Crippen molar-refractivity contribution in [3.05, 3.63) is 59.0 Å². The Labute approximate surface area is 148 Å². The van der Waals surface area contributed by atoms with Crippen LogP contribution in [0, 0.1) is 0 Å². The fourth-order valence-corrected chi connectivity index (χ4v) is 2.79. The van der Waals surface area contributed by atoms with Gasteiger partial charge in [-0.2, -0.15) is 5.10 Å². The molecule has 0 saturated heterocycles. The number of guanidine groups is 1. The van der Waals surface area contributed by atoms with Crippen molar-refractivity contribution in [3.8, 4) is 0 Å². The van der Waals surface area contributed by atoms with Crippen molar-refractivity contribution in [2.45, 2.75) is 12.2 Å². The van der Waals surface area contributed by atoms with Crippen LogP contribution in [0.1, 0.15) is 11.3 Å². The number of aromatic nitrogens is 3. The van der Waals surface area contributed by atoms with Crippen LogP contribution >= 0.6 is 11.6 Å². The standard InChI is InChI=1S/C16H15ClN8/c17-11-3-4-12(20-8-11)6-16(19)23-14(22-15(18)24-16)9-1-2-10-7-21-25-13(10)5-9/h1-5,7-8H,6,19H2,(H,21,25)(H3,18,22,23,24). The van der Waals surface area contributed by atoms with Gasteiger partial charge < -0.3 is 11.1 Å². The molecule has 0 amide bonds. The Morgan fingerprint density at radius 1 is 1.12 bits per heavy atom. The third-order valence-electron chi connectivity index (χ3n) is 3.81. The van der Waals surface area contributed by atoms with Gasteiger partial charge in [-0.3, -0.25) is 15.8 Å². The number of aliphatic imine (C=N–C) groups is 2. The fourth-order valence-electron chi connectivity index (χ4n) is 2.68. The van der Waals surface area contributed by atoms with Crippen molar-refractivity contribution in [3.63, 3.8) is 0 Å². The van der Waals surface area contributed by atoms with Gasteiger partial charge in [-0.15, -0.1) is 0 Å². The van der Waals surface area contributed by atoms with E-state index in [0.717, 1.165) is 22.2 Å². The van der Waals surface area contributed by atoms with Gasteiger partial charge in [0.25, 0.3) is 0 Å². The summed E-state index contributed by atoms with van der Waals surface area (Å²) in [5.74, 6) is -0.499. The predicted molar refractivity (Wildman–Crippen MR) is 97.3 cm³/mol. The van der Waals surface area contributed by atoms with Crippen LogP contribution in [-0.4, -0.2) is 32.8 Å². The number of H-pyrrole nitrogens is 1. The molecule has 0 bridgehead atoms. The smallest absolute Gasteiger partial charge is 0.213 e. The lowest BCUT2D eigenvalue weighted by Crippen LogP contribution is -2.51. The van der Waals surface area contributed by atoms with E-state index in [4.69, 9.17) is 23.1 Å². The number of benzene rings is 1. The van der Waals surface area contributed by atoms with Crippen molar-refractivity contribution < 1.29 is 0 Å². The highest BCUT2D eigenvalue weighted by atomic mass is 35.5. The second kappa shape index (κ2) is 5.83. The first-order valence-electron chi connectivity index (χ1n) is 7.56. The zero-order chi connectivity index (χ0) is 17.4. The highest BCUT2D eigenvalue weighted by Gasteiger charge is 2.29. The molecule has 0 saturated carbocycles. The number of nitrogens with two attached hydrogens (primary N) is 2. The molecule has 8 nitrogen and oxygen atoms in total. The molecule has 1 unspecified atom stereocenters. The zero-order valence-corrected chi connectivity index (χ0v) is 13.8. The zero-order valence-electron chi connectivity index (χ0n) is 13.1. The van der Waals surface area contributed by atoms with E-state index in [9.17, 15) is 0 Å². The van der Waals surface area contributed by atoms with Crippen LogP contribution in [0.5, 0.6) is 0 Å². The second-order valence-corrected chi connectivity index (χ2v) is 6.21. The van der Waals surface area contributed by atoms with E-state index in [2.05, 4.69) is 30.5 Å². The minimum Gasteiger partial charge on any atom is -0.370 e. The number of hydrogen-bond donors (Lipinski definition) is 4. The van der Waals surface area contributed by atoms with Crippen molar-refractivity contribution in [2.24, 2.45) is 21.5 Å². The average Bonchev–Trinajstić information content (AvgIpc) is 3.03. The molecular formula is C16H15ClN8. The first-order valence-corrected chi connectivity index (χ1v) is 7.94. The molecule has 9 heteroatoms. The number of pyridine rings is 1.